The molecule has 2 aromatic rings. The Morgan fingerprint density at radius 1 is 1.35 bits per heavy atom. The molecule has 1 aromatic heterocycles. The maximum absolute atomic E-state index is 12.6. The van der Waals surface area contributed by atoms with Gasteiger partial charge in [0.2, 0.25) is 10.0 Å². The van der Waals surface area contributed by atoms with E-state index >= 15 is 0 Å². The number of rotatable bonds is 4. The van der Waals surface area contributed by atoms with Crippen molar-refractivity contribution in [2.24, 2.45) is 0 Å². The van der Waals surface area contributed by atoms with Gasteiger partial charge in [0.1, 0.15) is 0 Å². The van der Waals surface area contributed by atoms with Gasteiger partial charge in [-0.05, 0) is 40.5 Å². The molecule has 0 saturated carbocycles. The summed E-state index contributed by atoms with van der Waals surface area (Å²) < 4.78 is 27.2. The van der Waals surface area contributed by atoms with E-state index in [2.05, 4.69) is 15.9 Å². The van der Waals surface area contributed by atoms with E-state index in [9.17, 15) is 8.42 Å². The minimum atomic E-state index is -3.51. The number of thiophene rings is 1. The molecule has 3 nitrogen and oxygen atoms in total. The molecule has 0 unspecified atom stereocenters. The maximum atomic E-state index is 12.6. The zero-order chi connectivity index (χ0) is 14.9. The Labute approximate surface area is 136 Å². The van der Waals surface area contributed by atoms with Crippen LogP contribution in [-0.4, -0.2) is 19.8 Å². The van der Waals surface area contributed by atoms with Crippen LogP contribution in [0.1, 0.15) is 10.4 Å². The number of aryl methyl sites for hydroxylation is 1. The average Bonchev–Trinajstić information content (AvgIpc) is 2.72. The molecule has 0 atom stereocenters. The van der Waals surface area contributed by atoms with E-state index in [-0.39, 0.29) is 6.54 Å². The van der Waals surface area contributed by atoms with Crippen LogP contribution in [0.5, 0.6) is 0 Å². The Balaban J connectivity index is 2.31. The number of hydrogen-bond acceptors (Lipinski definition) is 3. The predicted molar refractivity (Wildman–Crippen MR) is 86.9 cm³/mol. The molecule has 108 valence electrons. The third kappa shape index (κ3) is 3.26. The van der Waals surface area contributed by atoms with Crippen molar-refractivity contribution in [2.75, 3.05) is 7.05 Å². The normalized spacial score (nSPS) is 12.1. The van der Waals surface area contributed by atoms with Crippen LogP contribution in [0.4, 0.5) is 0 Å². The van der Waals surface area contributed by atoms with Crippen molar-refractivity contribution in [3.05, 3.63) is 49.6 Å². The maximum Gasteiger partial charge on any atom is 0.244 e. The SMILES string of the molecule is Cc1sc(Br)cc1S(=O)(=O)N(C)Cc1ccccc1Cl. The molecule has 0 aliphatic carbocycles. The van der Waals surface area contributed by atoms with Crippen LogP contribution in [0.25, 0.3) is 0 Å². The molecule has 0 amide bonds. The molecule has 0 spiro atoms. The summed E-state index contributed by atoms with van der Waals surface area (Å²) in [6.07, 6.45) is 0. The van der Waals surface area contributed by atoms with Gasteiger partial charge < -0.3 is 0 Å². The summed E-state index contributed by atoms with van der Waals surface area (Å²) in [4.78, 5) is 1.10. The Bertz CT molecular complexity index is 728. The first-order valence-electron chi connectivity index (χ1n) is 5.78. The number of nitrogens with zero attached hydrogens (tertiary/aromatic N) is 1. The van der Waals surface area contributed by atoms with Gasteiger partial charge in [0, 0.05) is 23.5 Å². The number of benzene rings is 1. The van der Waals surface area contributed by atoms with Crippen molar-refractivity contribution < 1.29 is 8.42 Å². The fraction of sp³-hybridized carbons (Fsp3) is 0.231. The van der Waals surface area contributed by atoms with E-state index in [1.165, 1.54) is 15.6 Å². The molecule has 0 aliphatic rings. The van der Waals surface area contributed by atoms with Gasteiger partial charge in [0.15, 0.2) is 0 Å². The summed E-state index contributed by atoms with van der Waals surface area (Å²) in [6.45, 7) is 2.04. The quantitative estimate of drug-likeness (QED) is 0.775. The number of hydrogen-bond donors (Lipinski definition) is 0. The molecule has 0 fully saturated rings. The van der Waals surface area contributed by atoms with Gasteiger partial charge >= 0.3 is 0 Å². The van der Waals surface area contributed by atoms with Gasteiger partial charge in [-0.3, -0.25) is 0 Å². The molecule has 0 aliphatic heterocycles. The highest BCUT2D eigenvalue weighted by Crippen LogP contribution is 2.31. The smallest absolute Gasteiger partial charge is 0.207 e. The van der Waals surface area contributed by atoms with Crippen LogP contribution in [0.15, 0.2) is 39.0 Å². The lowest BCUT2D eigenvalue weighted by molar-refractivity contribution is 0.466. The highest BCUT2D eigenvalue weighted by molar-refractivity contribution is 9.11. The van der Waals surface area contributed by atoms with E-state index in [1.807, 2.05) is 18.2 Å². The van der Waals surface area contributed by atoms with E-state index in [0.717, 1.165) is 14.2 Å². The van der Waals surface area contributed by atoms with E-state index in [1.54, 1.807) is 26.1 Å². The molecule has 0 saturated heterocycles. The van der Waals surface area contributed by atoms with Crippen LogP contribution in [0, 0.1) is 6.92 Å². The summed E-state index contributed by atoms with van der Waals surface area (Å²) >= 11 is 10.8. The molecule has 0 N–H and O–H groups in total. The van der Waals surface area contributed by atoms with Crippen LogP contribution in [-0.2, 0) is 16.6 Å². The highest BCUT2D eigenvalue weighted by Gasteiger charge is 2.25. The molecular weight excluding hydrogens is 382 g/mol. The van der Waals surface area contributed by atoms with Gasteiger partial charge in [-0.15, -0.1) is 11.3 Å². The lowest BCUT2D eigenvalue weighted by Crippen LogP contribution is -2.26. The zero-order valence-corrected chi connectivity index (χ0v) is 14.9. The van der Waals surface area contributed by atoms with E-state index < -0.39 is 10.0 Å². The second-order valence-corrected chi connectivity index (χ2v) is 9.38. The van der Waals surface area contributed by atoms with Crippen molar-refractivity contribution in [3.8, 4) is 0 Å². The first-order chi connectivity index (χ1) is 9.32. The van der Waals surface area contributed by atoms with Crippen molar-refractivity contribution in [1.82, 2.24) is 4.31 Å². The van der Waals surface area contributed by atoms with Gasteiger partial charge in [0.25, 0.3) is 0 Å². The van der Waals surface area contributed by atoms with Gasteiger partial charge in [-0.25, -0.2) is 8.42 Å². The third-order valence-electron chi connectivity index (χ3n) is 2.88. The Kier molecular flexibility index (Phi) is 4.92. The summed E-state index contributed by atoms with van der Waals surface area (Å²) in [6, 6.07) is 8.88. The molecule has 20 heavy (non-hydrogen) atoms. The molecule has 0 bridgehead atoms. The largest absolute Gasteiger partial charge is 0.244 e. The standard InChI is InChI=1S/C13H13BrClNO2S2/c1-9-12(7-13(14)19-9)20(17,18)16(2)8-10-5-3-4-6-11(10)15/h3-7H,8H2,1-2H3. The third-order valence-corrected chi connectivity index (χ3v) is 6.86. The van der Waals surface area contributed by atoms with Crippen molar-refractivity contribution in [3.63, 3.8) is 0 Å². The van der Waals surface area contributed by atoms with Crippen molar-refractivity contribution in [2.45, 2.75) is 18.4 Å². The van der Waals surface area contributed by atoms with E-state index in [4.69, 9.17) is 11.6 Å². The first kappa shape index (κ1) is 16.0. The molecule has 7 heteroatoms. The Hall–Kier alpha value is -0.400. The minimum Gasteiger partial charge on any atom is -0.207 e. The van der Waals surface area contributed by atoms with E-state index in [0.29, 0.717) is 9.92 Å². The first-order valence-corrected chi connectivity index (χ1v) is 9.21. The zero-order valence-electron chi connectivity index (χ0n) is 10.9. The predicted octanol–water partition coefficient (Wildman–Crippen LogP) is 4.29. The summed E-state index contributed by atoms with van der Waals surface area (Å²) in [7, 11) is -1.95. The van der Waals surface area contributed by atoms with Crippen LogP contribution in [0.2, 0.25) is 5.02 Å². The van der Waals surface area contributed by atoms with Gasteiger partial charge in [-0.1, -0.05) is 29.8 Å². The molecular formula is C13H13BrClNO2S2. The van der Waals surface area contributed by atoms with Gasteiger partial charge in [0.05, 0.1) is 8.68 Å². The second kappa shape index (κ2) is 6.15. The molecule has 1 aromatic carbocycles. The van der Waals surface area contributed by atoms with Crippen LogP contribution < -0.4 is 0 Å². The van der Waals surface area contributed by atoms with Crippen molar-refractivity contribution in [1.29, 1.82) is 0 Å². The Morgan fingerprint density at radius 3 is 2.55 bits per heavy atom. The van der Waals surface area contributed by atoms with Crippen LogP contribution >= 0.6 is 38.9 Å². The van der Waals surface area contributed by atoms with Gasteiger partial charge in [-0.2, -0.15) is 4.31 Å². The average molecular weight is 395 g/mol. The summed E-state index contributed by atoms with van der Waals surface area (Å²) in [5.74, 6) is 0. The number of halogens is 2. The molecule has 1 heterocycles. The molecule has 2 rings (SSSR count). The number of sulfonamides is 1. The Morgan fingerprint density at radius 2 is 2.00 bits per heavy atom. The summed E-state index contributed by atoms with van der Waals surface area (Å²) in [5.41, 5.74) is 0.784. The van der Waals surface area contributed by atoms with Crippen molar-refractivity contribution >= 4 is 48.9 Å². The monoisotopic (exact) mass is 393 g/mol. The second-order valence-electron chi connectivity index (χ2n) is 4.32. The van der Waals surface area contributed by atoms with Crippen LogP contribution in [0.3, 0.4) is 0 Å². The fourth-order valence-electron chi connectivity index (χ4n) is 1.81. The topological polar surface area (TPSA) is 37.4 Å². The molecule has 0 radical (unpaired) electrons. The fourth-order valence-corrected chi connectivity index (χ4v) is 5.53. The minimum absolute atomic E-state index is 0.245. The highest BCUT2D eigenvalue weighted by atomic mass is 79.9. The lowest BCUT2D eigenvalue weighted by Gasteiger charge is -2.17. The summed E-state index contributed by atoms with van der Waals surface area (Å²) in [5, 5.41) is 0.567. The lowest BCUT2D eigenvalue weighted by atomic mass is 10.2.